The van der Waals surface area contributed by atoms with E-state index < -0.39 is 36.3 Å². The topological polar surface area (TPSA) is 102 Å². The smallest absolute Gasteiger partial charge is 0.328 e. The van der Waals surface area contributed by atoms with Crippen molar-refractivity contribution < 1.29 is 23.9 Å². The summed E-state index contributed by atoms with van der Waals surface area (Å²) in [5.41, 5.74) is 0.516. The van der Waals surface area contributed by atoms with E-state index in [4.69, 9.17) is 16.3 Å². The van der Waals surface area contributed by atoms with Crippen molar-refractivity contribution in [2.75, 3.05) is 6.61 Å². The van der Waals surface area contributed by atoms with Crippen LogP contribution >= 0.6 is 11.6 Å². The number of benzene rings is 2. The number of hydrogen-bond acceptors (Lipinski definition) is 5. The van der Waals surface area contributed by atoms with Crippen LogP contribution in [-0.4, -0.2) is 36.3 Å². The number of nitrogens with one attached hydrogen (secondary N) is 2. The van der Waals surface area contributed by atoms with Crippen molar-refractivity contribution in [2.45, 2.75) is 13.0 Å². The Morgan fingerprint density at radius 2 is 1.59 bits per heavy atom. The van der Waals surface area contributed by atoms with Crippen LogP contribution in [0.2, 0.25) is 5.02 Å². The minimum atomic E-state index is -1.01. The van der Waals surface area contributed by atoms with Gasteiger partial charge < -0.3 is 10.1 Å². The second-order valence-corrected chi connectivity index (χ2v) is 5.93. The molecule has 27 heavy (non-hydrogen) atoms. The van der Waals surface area contributed by atoms with E-state index in [9.17, 15) is 19.2 Å². The van der Waals surface area contributed by atoms with Crippen LogP contribution in [0.1, 0.15) is 27.6 Å². The summed E-state index contributed by atoms with van der Waals surface area (Å²) in [6, 6.07) is 13.5. The summed E-state index contributed by atoms with van der Waals surface area (Å²) < 4.78 is 4.82. The zero-order valence-electron chi connectivity index (χ0n) is 14.4. The lowest BCUT2D eigenvalue weighted by atomic mass is 10.2. The van der Waals surface area contributed by atoms with Crippen LogP contribution in [0.3, 0.4) is 0 Å². The average molecular weight is 389 g/mol. The average Bonchev–Trinajstić information content (AvgIpc) is 2.66. The first-order valence-corrected chi connectivity index (χ1v) is 8.37. The van der Waals surface area contributed by atoms with E-state index in [1.807, 2.05) is 0 Å². The highest BCUT2D eigenvalue weighted by Crippen LogP contribution is 2.14. The van der Waals surface area contributed by atoms with Gasteiger partial charge in [-0.1, -0.05) is 41.9 Å². The highest BCUT2D eigenvalue weighted by atomic mass is 35.5. The quantitative estimate of drug-likeness (QED) is 0.736. The van der Waals surface area contributed by atoms with Gasteiger partial charge in [0.25, 0.3) is 17.7 Å². The van der Waals surface area contributed by atoms with E-state index in [1.54, 1.807) is 48.5 Å². The Hall–Kier alpha value is -3.19. The number of ether oxygens (including phenoxy) is 1. The van der Waals surface area contributed by atoms with Crippen molar-refractivity contribution in [1.82, 2.24) is 10.6 Å². The van der Waals surface area contributed by atoms with Gasteiger partial charge in [0.05, 0.1) is 10.6 Å². The van der Waals surface area contributed by atoms with Crippen LogP contribution in [0.15, 0.2) is 54.6 Å². The van der Waals surface area contributed by atoms with Crippen LogP contribution in [0, 0.1) is 0 Å². The van der Waals surface area contributed by atoms with Crippen LogP contribution in [0.5, 0.6) is 0 Å². The highest BCUT2D eigenvalue weighted by Gasteiger charge is 2.20. The number of esters is 1. The number of carbonyl (C=O) groups excluding carboxylic acids is 4. The minimum Gasteiger partial charge on any atom is -0.454 e. The molecular formula is C19H17ClN2O5. The second kappa shape index (κ2) is 9.49. The summed E-state index contributed by atoms with van der Waals surface area (Å²) in [4.78, 5) is 47.6. The zero-order valence-corrected chi connectivity index (χ0v) is 15.2. The Morgan fingerprint density at radius 3 is 2.26 bits per heavy atom. The Bertz CT molecular complexity index is 854. The van der Waals surface area contributed by atoms with Gasteiger partial charge in [-0.05, 0) is 31.2 Å². The molecule has 2 aromatic rings. The summed E-state index contributed by atoms with van der Waals surface area (Å²) in [6.07, 6.45) is 0. The summed E-state index contributed by atoms with van der Waals surface area (Å²) >= 11 is 5.92. The first-order valence-electron chi connectivity index (χ1n) is 7.99. The summed E-state index contributed by atoms with van der Waals surface area (Å²) in [5, 5.41) is 4.78. The molecule has 1 atom stereocenters. The Morgan fingerprint density at radius 1 is 0.963 bits per heavy atom. The van der Waals surface area contributed by atoms with E-state index in [-0.39, 0.29) is 10.6 Å². The normalized spacial score (nSPS) is 11.2. The van der Waals surface area contributed by atoms with Crippen molar-refractivity contribution in [1.29, 1.82) is 0 Å². The largest absolute Gasteiger partial charge is 0.454 e. The fourth-order valence-corrected chi connectivity index (χ4v) is 2.29. The fourth-order valence-electron chi connectivity index (χ4n) is 2.06. The molecule has 140 valence electrons. The molecule has 0 aliphatic carbocycles. The van der Waals surface area contributed by atoms with Gasteiger partial charge in [0.2, 0.25) is 0 Å². The lowest BCUT2D eigenvalue weighted by molar-refractivity contribution is -0.149. The van der Waals surface area contributed by atoms with Crippen molar-refractivity contribution in [3.05, 3.63) is 70.7 Å². The van der Waals surface area contributed by atoms with Gasteiger partial charge in [0.1, 0.15) is 6.04 Å². The van der Waals surface area contributed by atoms with Gasteiger partial charge in [0.15, 0.2) is 6.61 Å². The molecule has 0 spiro atoms. The van der Waals surface area contributed by atoms with Gasteiger partial charge in [-0.25, -0.2) is 4.79 Å². The van der Waals surface area contributed by atoms with Crippen LogP contribution < -0.4 is 10.6 Å². The molecule has 0 heterocycles. The third-order valence-corrected chi connectivity index (χ3v) is 3.78. The summed E-state index contributed by atoms with van der Waals surface area (Å²) in [6.45, 7) is 0.758. The molecule has 7 nitrogen and oxygen atoms in total. The number of imide groups is 1. The number of halogens is 1. The molecule has 0 saturated carbocycles. The van der Waals surface area contributed by atoms with Crippen molar-refractivity contribution >= 4 is 35.3 Å². The predicted molar refractivity (Wildman–Crippen MR) is 98.3 cm³/mol. The van der Waals surface area contributed by atoms with Crippen molar-refractivity contribution in [3.63, 3.8) is 0 Å². The van der Waals surface area contributed by atoms with Crippen LogP contribution in [-0.2, 0) is 14.3 Å². The summed E-state index contributed by atoms with van der Waals surface area (Å²) in [5.74, 6) is -2.75. The number of hydrogen-bond donors (Lipinski definition) is 2. The lowest BCUT2D eigenvalue weighted by Crippen LogP contribution is -2.41. The maximum Gasteiger partial charge on any atom is 0.328 e. The standard InChI is InChI=1S/C19H17ClN2O5/c1-12(21-18(25)14-9-5-6-10-15(14)20)19(26)27-11-16(23)22-17(24)13-7-3-2-4-8-13/h2-10,12H,11H2,1H3,(H,21,25)(H,22,23,24)/t12-/m0/s1. The van der Waals surface area contributed by atoms with Crippen LogP contribution in [0.4, 0.5) is 0 Å². The van der Waals surface area contributed by atoms with Gasteiger partial charge in [-0.15, -0.1) is 0 Å². The van der Waals surface area contributed by atoms with E-state index >= 15 is 0 Å². The first-order chi connectivity index (χ1) is 12.9. The van der Waals surface area contributed by atoms with Crippen LogP contribution in [0.25, 0.3) is 0 Å². The Labute approximate surface area is 160 Å². The van der Waals surface area contributed by atoms with E-state index in [0.717, 1.165) is 0 Å². The third-order valence-electron chi connectivity index (χ3n) is 3.45. The molecule has 0 unspecified atom stereocenters. The zero-order chi connectivity index (χ0) is 19.8. The van der Waals surface area contributed by atoms with Gasteiger partial charge in [-0.2, -0.15) is 0 Å². The maximum absolute atomic E-state index is 12.1. The molecule has 2 N–H and O–H groups in total. The Kier molecular flexibility index (Phi) is 7.08. The molecule has 0 aliphatic rings. The monoisotopic (exact) mass is 388 g/mol. The molecule has 0 radical (unpaired) electrons. The SMILES string of the molecule is C[C@H](NC(=O)c1ccccc1Cl)C(=O)OCC(=O)NC(=O)c1ccccc1. The molecule has 0 fully saturated rings. The summed E-state index contributed by atoms with van der Waals surface area (Å²) in [7, 11) is 0. The van der Waals surface area contributed by atoms with Gasteiger partial charge >= 0.3 is 5.97 Å². The molecule has 2 rings (SSSR count). The second-order valence-electron chi connectivity index (χ2n) is 5.53. The molecule has 0 saturated heterocycles. The van der Waals surface area contributed by atoms with E-state index in [0.29, 0.717) is 5.56 Å². The highest BCUT2D eigenvalue weighted by molar-refractivity contribution is 6.33. The minimum absolute atomic E-state index is 0.213. The lowest BCUT2D eigenvalue weighted by Gasteiger charge is -2.13. The van der Waals surface area contributed by atoms with Crippen molar-refractivity contribution in [3.8, 4) is 0 Å². The number of carbonyl (C=O) groups is 4. The molecule has 0 aromatic heterocycles. The molecule has 2 aromatic carbocycles. The molecule has 8 heteroatoms. The van der Waals surface area contributed by atoms with E-state index in [2.05, 4.69) is 10.6 Å². The molecule has 3 amide bonds. The van der Waals surface area contributed by atoms with Crippen molar-refractivity contribution in [2.24, 2.45) is 0 Å². The fraction of sp³-hybridized carbons (Fsp3) is 0.158. The molecule has 0 aliphatic heterocycles. The van der Waals surface area contributed by atoms with Gasteiger partial charge in [-0.3, -0.25) is 19.7 Å². The van der Waals surface area contributed by atoms with Gasteiger partial charge in [0, 0.05) is 5.56 Å². The Balaban J connectivity index is 1.80. The van der Waals surface area contributed by atoms with E-state index in [1.165, 1.54) is 13.0 Å². The first kappa shape index (κ1) is 20.1. The maximum atomic E-state index is 12.1. The number of rotatable bonds is 6. The number of amides is 3. The predicted octanol–water partition coefficient (Wildman–Crippen LogP) is 1.96. The molecular weight excluding hydrogens is 372 g/mol. The third kappa shape index (κ3) is 5.93. The molecule has 0 bridgehead atoms.